The Bertz CT molecular complexity index is 2130. The number of nitrogens with zero attached hydrogens (tertiary/aromatic N) is 1. The number of unbranched alkanes of at least 4 members (excludes halogenated alkanes) is 5. The number of ether oxygens (including phenoxy) is 2. The van der Waals surface area contributed by atoms with Gasteiger partial charge in [0, 0.05) is 12.8 Å². The summed E-state index contributed by atoms with van der Waals surface area (Å²) < 4.78 is 34.5. The Kier molecular flexibility index (Phi) is 56.2. The molecule has 0 radical (unpaired) electrons. The lowest BCUT2D eigenvalue weighted by Crippen LogP contribution is -2.37. The molecular formula is C72H111NO8P+. The van der Waals surface area contributed by atoms with E-state index < -0.39 is 32.5 Å². The highest BCUT2D eigenvalue weighted by Crippen LogP contribution is 2.43. The van der Waals surface area contributed by atoms with Crippen molar-refractivity contribution >= 4 is 19.8 Å². The third kappa shape index (κ3) is 63.8. The normalized spacial score (nSPS) is 14.7. The fraction of sp³-hybridized carbons (Fsp3) is 0.500. The highest BCUT2D eigenvalue weighted by Gasteiger charge is 2.27. The third-order valence-electron chi connectivity index (χ3n) is 11.8. The van der Waals surface area contributed by atoms with Gasteiger partial charge in [-0.3, -0.25) is 18.6 Å². The van der Waals surface area contributed by atoms with Gasteiger partial charge < -0.3 is 18.9 Å². The zero-order valence-corrected chi connectivity index (χ0v) is 52.5. The zero-order chi connectivity index (χ0) is 59.8. The standard InChI is InChI=1S/C72H110NO8P/c1-6-8-10-12-14-16-18-20-22-24-26-28-30-32-34-35-36-37-39-41-43-45-47-49-51-53-55-57-59-61-63-65-72(75)81-70(69-80-82(76,77)79-67-66-73(3,4)5)68-78-71(74)64-62-60-58-56-54-52-50-48-46-44-42-40-38-33-31-29-27-25-23-21-19-17-15-13-11-9-7-2/h8-11,14-17,20-23,26-29,32-34,36-38,41-44,47-50,53-56,70H,6-7,12-13,18-19,24-25,30-31,35,39-40,45-46,51-52,57-69H2,1-5H3/p+1/b10-8-,11-9-,16-14-,17-15-,22-20-,23-21-,28-26-,29-27-,34-32-,37-36-,38-33-,43-41-,44-42-,49-47-,50-48-,55-53-,56-54-. The van der Waals surface area contributed by atoms with Crippen LogP contribution in [0.15, 0.2) is 207 Å². The lowest BCUT2D eigenvalue weighted by molar-refractivity contribution is -0.870. The summed E-state index contributed by atoms with van der Waals surface area (Å²) in [5.41, 5.74) is 0. The van der Waals surface area contributed by atoms with E-state index in [-0.39, 0.29) is 26.1 Å². The van der Waals surface area contributed by atoms with E-state index in [1.165, 1.54) is 0 Å². The summed E-state index contributed by atoms with van der Waals surface area (Å²) in [5.74, 6) is -0.910. The molecule has 0 aromatic carbocycles. The first kappa shape index (κ1) is 76.6. The molecule has 2 unspecified atom stereocenters. The van der Waals surface area contributed by atoms with Gasteiger partial charge in [-0.15, -0.1) is 0 Å². The monoisotopic (exact) mass is 1150 g/mol. The summed E-state index contributed by atoms with van der Waals surface area (Å²) in [7, 11) is 1.39. The lowest BCUT2D eigenvalue weighted by atomic mass is 10.1. The molecule has 0 aliphatic rings. The number of quaternary nitrogens is 1. The second-order valence-electron chi connectivity index (χ2n) is 20.6. The number of esters is 2. The molecule has 0 saturated heterocycles. The van der Waals surface area contributed by atoms with E-state index >= 15 is 0 Å². The van der Waals surface area contributed by atoms with Crippen LogP contribution in [0.2, 0.25) is 0 Å². The van der Waals surface area contributed by atoms with Crippen molar-refractivity contribution < 1.29 is 42.1 Å². The lowest BCUT2D eigenvalue weighted by Gasteiger charge is -2.24. The summed E-state index contributed by atoms with van der Waals surface area (Å²) in [6.07, 6.45) is 96.2. The van der Waals surface area contributed by atoms with Crippen molar-refractivity contribution in [1.82, 2.24) is 0 Å². The maximum Gasteiger partial charge on any atom is 0.472 e. The fourth-order valence-corrected chi connectivity index (χ4v) is 7.88. The minimum absolute atomic E-state index is 0.00397. The predicted octanol–water partition coefficient (Wildman–Crippen LogP) is 19.9. The van der Waals surface area contributed by atoms with Crippen LogP contribution in [-0.4, -0.2) is 74.9 Å². The minimum Gasteiger partial charge on any atom is -0.462 e. The molecule has 1 N–H and O–H groups in total. The quantitative estimate of drug-likeness (QED) is 0.0211. The van der Waals surface area contributed by atoms with E-state index in [1.807, 2.05) is 21.1 Å². The Labute approximate surface area is 500 Å². The number of carbonyl (C=O) groups excluding carboxylic acids is 2. The van der Waals surface area contributed by atoms with Crippen molar-refractivity contribution in [3.05, 3.63) is 207 Å². The molecule has 82 heavy (non-hydrogen) atoms. The number of allylic oxidation sites excluding steroid dienone is 34. The van der Waals surface area contributed by atoms with Crippen molar-refractivity contribution in [3.63, 3.8) is 0 Å². The topological polar surface area (TPSA) is 108 Å². The fourth-order valence-electron chi connectivity index (χ4n) is 7.14. The number of rotatable bonds is 53. The summed E-state index contributed by atoms with van der Waals surface area (Å²) in [4.78, 5) is 35.7. The maximum atomic E-state index is 12.8. The van der Waals surface area contributed by atoms with Crippen molar-refractivity contribution in [3.8, 4) is 0 Å². The Morgan fingerprint density at radius 3 is 0.976 bits per heavy atom. The van der Waals surface area contributed by atoms with Crippen molar-refractivity contribution in [2.24, 2.45) is 0 Å². The Balaban J connectivity index is 4.38. The average molecular weight is 1150 g/mol. The highest BCUT2D eigenvalue weighted by molar-refractivity contribution is 7.47. The molecule has 0 aromatic heterocycles. The molecule has 0 spiro atoms. The maximum absolute atomic E-state index is 12.8. The van der Waals surface area contributed by atoms with E-state index in [4.69, 9.17) is 18.5 Å². The van der Waals surface area contributed by atoms with Crippen molar-refractivity contribution in [2.75, 3.05) is 47.5 Å². The minimum atomic E-state index is -4.43. The number of phosphoric acid groups is 1. The Morgan fingerprint density at radius 1 is 0.378 bits per heavy atom. The molecule has 9 nitrogen and oxygen atoms in total. The summed E-state index contributed by atoms with van der Waals surface area (Å²) in [6.45, 7) is 4.07. The van der Waals surface area contributed by atoms with Gasteiger partial charge in [-0.25, -0.2) is 4.57 Å². The van der Waals surface area contributed by atoms with Gasteiger partial charge in [0.1, 0.15) is 19.8 Å². The summed E-state index contributed by atoms with van der Waals surface area (Å²) >= 11 is 0. The molecule has 0 aliphatic carbocycles. The number of hydrogen-bond donors (Lipinski definition) is 1. The molecule has 0 amide bonds. The summed E-state index contributed by atoms with van der Waals surface area (Å²) in [5, 5.41) is 0. The molecule has 0 saturated carbocycles. The first-order chi connectivity index (χ1) is 40.0. The van der Waals surface area contributed by atoms with Gasteiger partial charge in [0.2, 0.25) is 0 Å². The van der Waals surface area contributed by atoms with Crippen molar-refractivity contribution in [2.45, 2.75) is 187 Å². The highest BCUT2D eigenvalue weighted by atomic mass is 31.2. The first-order valence-electron chi connectivity index (χ1n) is 30.8. The first-order valence-corrected chi connectivity index (χ1v) is 32.3. The second-order valence-corrected chi connectivity index (χ2v) is 22.1. The van der Waals surface area contributed by atoms with Gasteiger partial charge in [0.15, 0.2) is 6.10 Å². The van der Waals surface area contributed by atoms with Crippen LogP contribution in [0.25, 0.3) is 0 Å². The Morgan fingerprint density at radius 2 is 0.659 bits per heavy atom. The number of phosphoric ester groups is 1. The van der Waals surface area contributed by atoms with Crippen LogP contribution in [0.3, 0.4) is 0 Å². The average Bonchev–Trinajstić information content (AvgIpc) is 3.46. The van der Waals surface area contributed by atoms with E-state index in [2.05, 4.69) is 220 Å². The van der Waals surface area contributed by atoms with E-state index in [0.717, 1.165) is 141 Å². The molecule has 0 aliphatic heterocycles. The third-order valence-corrected chi connectivity index (χ3v) is 12.8. The molecule has 0 fully saturated rings. The molecule has 0 heterocycles. The molecule has 0 aromatic rings. The predicted molar refractivity (Wildman–Crippen MR) is 352 cm³/mol. The largest absolute Gasteiger partial charge is 0.472 e. The molecule has 10 heteroatoms. The van der Waals surface area contributed by atoms with Crippen LogP contribution in [0, 0.1) is 0 Å². The van der Waals surface area contributed by atoms with Gasteiger partial charge >= 0.3 is 19.8 Å². The van der Waals surface area contributed by atoms with Gasteiger partial charge in [-0.05, 0) is 148 Å². The van der Waals surface area contributed by atoms with Gasteiger partial charge in [0.05, 0.1) is 27.7 Å². The molecule has 2 atom stereocenters. The SMILES string of the molecule is CC/C=C\C/C=C\C/C=C\C/C=C\C/C=C\C/C=C\C/C=C\C/C=C\C/C=C\CCCCCC(=O)OC(COC(=O)CCCC/C=C\C/C=C\C/C=C\C/C=C\C/C=C\C/C=C\C/C=C\C/C=C\CC)COP(=O)(O)OCC[N+](C)(C)C. The number of likely N-dealkylation sites (N-methyl/N-ethyl adjacent to an activating group) is 1. The Hall–Kier alpha value is -5.41. The van der Waals surface area contributed by atoms with Crippen LogP contribution < -0.4 is 0 Å². The zero-order valence-electron chi connectivity index (χ0n) is 51.6. The second kappa shape index (κ2) is 60.2. The summed E-state index contributed by atoms with van der Waals surface area (Å²) in [6, 6.07) is 0. The molecule has 0 rings (SSSR count). The molecule has 0 bridgehead atoms. The van der Waals surface area contributed by atoms with Crippen LogP contribution in [0.1, 0.15) is 181 Å². The van der Waals surface area contributed by atoms with Crippen LogP contribution in [-0.2, 0) is 32.7 Å². The van der Waals surface area contributed by atoms with Crippen LogP contribution in [0.4, 0.5) is 0 Å². The van der Waals surface area contributed by atoms with E-state index in [0.29, 0.717) is 23.9 Å². The smallest absolute Gasteiger partial charge is 0.462 e. The van der Waals surface area contributed by atoms with Gasteiger partial charge in [0.25, 0.3) is 0 Å². The van der Waals surface area contributed by atoms with Gasteiger partial charge in [-0.2, -0.15) is 0 Å². The van der Waals surface area contributed by atoms with E-state index in [9.17, 15) is 19.0 Å². The van der Waals surface area contributed by atoms with Crippen molar-refractivity contribution in [1.29, 1.82) is 0 Å². The van der Waals surface area contributed by atoms with E-state index in [1.54, 1.807) is 0 Å². The van der Waals surface area contributed by atoms with Crippen LogP contribution in [0.5, 0.6) is 0 Å². The number of carbonyl (C=O) groups is 2. The van der Waals surface area contributed by atoms with Gasteiger partial charge in [-0.1, -0.05) is 227 Å². The molecular weight excluding hydrogens is 1040 g/mol. The molecule has 456 valence electrons. The van der Waals surface area contributed by atoms with Crippen LogP contribution >= 0.6 is 7.82 Å². The number of hydrogen-bond acceptors (Lipinski definition) is 7.